The van der Waals surface area contributed by atoms with Crippen molar-refractivity contribution in [3.05, 3.63) is 29.3 Å². The number of hydrogen-bond donors (Lipinski definition) is 1. The second kappa shape index (κ2) is 7.04. The van der Waals surface area contributed by atoms with Crippen LogP contribution < -0.4 is 4.90 Å². The Morgan fingerprint density at radius 2 is 1.82 bits per heavy atom. The first-order chi connectivity index (χ1) is 13.2. The molecule has 1 N–H and O–H groups in total. The highest BCUT2D eigenvalue weighted by molar-refractivity contribution is 6.30. The van der Waals surface area contributed by atoms with Crippen LogP contribution in [0.5, 0.6) is 0 Å². The highest BCUT2D eigenvalue weighted by Crippen LogP contribution is 2.56. The summed E-state index contributed by atoms with van der Waals surface area (Å²) in [7, 11) is 0. The number of aliphatic imine (C=N–C) groups is 1. The molecule has 5 heteroatoms. The fourth-order valence-corrected chi connectivity index (χ4v) is 5.97. The highest BCUT2D eigenvalue weighted by atomic mass is 35.5. The van der Waals surface area contributed by atoms with Gasteiger partial charge in [-0.15, -0.1) is 0 Å². The quantitative estimate of drug-likeness (QED) is 0.320. The monoisotopic (exact) mass is 399 g/mol. The van der Waals surface area contributed by atoms with Crippen LogP contribution in [0.15, 0.2) is 29.3 Å². The maximum atomic E-state index is 10.9. The van der Waals surface area contributed by atoms with E-state index in [-0.39, 0.29) is 11.5 Å². The van der Waals surface area contributed by atoms with E-state index in [1.807, 2.05) is 24.3 Å². The average Bonchev–Trinajstić information content (AvgIpc) is 2.57. The summed E-state index contributed by atoms with van der Waals surface area (Å²) in [5.41, 5.74) is 0.361. The van der Waals surface area contributed by atoms with Crippen molar-refractivity contribution in [2.24, 2.45) is 28.2 Å². The Kier molecular flexibility index (Phi) is 4.96. The summed E-state index contributed by atoms with van der Waals surface area (Å²) in [6.07, 6.45) is 8.12. The number of amidine groups is 1. The second-order valence-electron chi connectivity index (χ2n) is 10.4. The Bertz CT molecular complexity index is 789. The summed E-state index contributed by atoms with van der Waals surface area (Å²) >= 11 is 6.04. The molecule has 2 atom stereocenters. The van der Waals surface area contributed by atoms with Gasteiger partial charge < -0.3 is 5.11 Å². The summed E-state index contributed by atoms with van der Waals surface area (Å²) in [4.78, 5) is 6.91. The molecule has 1 aromatic carbocycles. The molecule has 2 unspecified atom stereocenters. The molecule has 150 valence electrons. The number of benzene rings is 1. The number of halogens is 1. The molecule has 4 saturated carbocycles. The van der Waals surface area contributed by atoms with Gasteiger partial charge in [-0.1, -0.05) is 32.4 Å². The van der Waals surface area contributed by atoms with Crippen molar-refractivity contribution in [2.75, 3.05) is 4.90 Å². The predicted octanol–water partition coefficient (Wildman–Crippen LogP) is 5.40. The van der Waals surface area contributed by atoms with E-state index < -0.39 is 5.60 Å². The van der Waals surface area contributed by atoms with Gasteiger partial charge in [0, 0.05) is 11.4 Å². The number of hydrogen-bond acceptors (Lipinski definition) is 3. The highest BCUT2D eigenvalue weighted by Gasteiger charge is 2.55. The van der Waals surface area contributed by atoms with Crippen molar-refractivity contribution in [3.8, 4) is 6.19 Å². The van der Waals surface area contributed by atoms with Crippen LogP contribution in [0.2, 0.25) is 5.02 Å². The Hall–Kier alpha value is -1.57. The van der Waals surface area contributed by atoms with E-state index in [1.165, 1.54) is 12.8 Å². The molecule has 0 saturated heterocycles. The lowest BCUT2D eigenvalue weighted by atomic mass is 9.52. The molecule has 5 rings (SSSR count). The van der Waals surface area contributed by atoms with E-state index in [1.54, 1.807) is 4.90 Å². The third kappa shape index (κ3) is 3.93. The Morgan fingerprint density at radius 3 is 2.32 bits per heavy atom. The van der Waals surface area contributed by atoms with Crippen molar-refractivity contribution in [1.82, 2.24) is 0 Å². The predicted molar refractivity (Wildman–Crippen MR) is 113 cm³/mol. The lowest BCUT2D eigenvalue weighted by Gasteiger charge is -2.57. The van der Waals surface area contributed by atoms with Gasteiger partial charge in [0.25, 0.3) is 0 Å². The smallest absolute Gasteiger partial charge is 0.190 e. The van der Waals surface area contributed by atoms with Gasteiger partial charge in [-0.3, -0.25) is 4.99 Å². The van der Waals surface area contributed by atoms with Gasteiger partial charge in [0.15, 0.2) is 6.19 Å². The molecular formula is C23H30ClN3O. The summed E-state index contributed by atoms with van der Waals surface area (Å²) in [6, 6.07) is 7.60. The normalized spacial score (nSPS) is 34.4. The number of rotatable bonds is 3. The van der Waals surface area contributed by atoms with Crippen molar-refractivity contribution in [2.45, 2.75) is 70.9 Å². The minimum Gasteiger partial charge on any atom is -0.390 e. The summed E-state index contributed by atoms with van der Waals surface area (Å²) in [5.74, 6) is 2.37. The molecule has 0 radical (unpaired) electrons. The molecule has 0 heterocycles. The molecule has 4 bridgehead atoms. The minimum absolute atomic E-state index is 0.0183. The van der Waals surface area contributed by atoms with Crippen molar-refractivity contribution in [3.63, 3.8) is 0 Å². The third-order valence-corrected chi connectivity index (χ3v) is 6.87. The van der Waals surface area contributed by atoms with Gasteiger partial charge >= 0.3 is 0 Å². The molecule has 4 nitrogen and oxygen atoms in total. The van der Waals surface area contributed by atoms with E-state index in [0.29, 0.717) is 22.8 Å². The van der Waals surface area contributed by atoms with E-state index >= 15 is 0 Å². The maximum absolute atomic E-state index is 10.9. The molecular weight excluding hydrogens is 370 g/mol. The first kappa shape index (κ1) is 19.7. The minimum atomic E-state index is -0.461. The fraction of sp³-hybridized carbons (Fsp3) is 0.652. The van der Waals surface area contributed by atoms with Gasteiger partial charge in [0.05, 0.1) is 17.3 Å². The Labute approximate surface area is 173 Å². The van der Waals surface area contributed by atoms with Crippen LogP contribution in [-0.4, -0.2) is 22.6 Å². The average molecular weight is 400 g/mol. The molecule has 1 aromatic rings. The summed E-state index contributed by atoms with van der Waals surface area (Å²) < 4.78 is 0. The molecule has 0 aromatic heterocycles. The number of nitrogens with zero attached hydrogens (tertiary/aromatic N) is 3. The van der Waals surface area contributed by atoms with Gasteiger partial charge in [0.1, 0.15) is 5.84 Å². The SMILES string of the molecule is CC(C)(C)CC(=NC1C2CC3CC1CC(O)(C3)C2)N(C#N)c1ccc(Cl)cc1. The summed E-state index contributed by atoms with van der Waals surface area (Å²) in [5, 5.41) is 21.5. The van der Waals surface area contributed by atoms with E-state index in [9.17, 15) is 10.4 Å². The van der Waals surface area contributed by atoms with Crippen LogP contribution in [0.1, 0.15) is 59.3 Å². The first-order valence-corrected chi connectivity index (χ1v) is 10.8. The van der Waals surface area contributed by atoms with Crippen LogP contribution in [0.25, 0.3) is 0 Å². The number of anilines is 1. The zero-order valence-electron chi connectivity index (χ0n) is 17.0. The topological polar surface area (TPSA) is 59.6 Å². The van der Waals surface area contributed by atoms with Crippen molar-refractivity contribution >= 4 is 23.1 Å². The van der Waals surface area contributed by atoms with E-state index in [2.05, 4.69) is 27.0 Å². The maximum Gasteiger partial charge on any atom is 0.190 e. The number of aliphatic hydroxyl groups is 1. The second-order valence-corrected chi connectivity index (χ2v) is 10.8. The molecule has 28 heavy (non-hydrogen) atoms. The van der Waals surface area contributed by atoms with Crippen LogP contribution in [0.3, 0.4) is 0 Å². The zero-order chi connectivity index (χ0) is 20.1. The van der Waals surface area contributed by atoms with Crippen LogP contribution in [0, 0.1) is 34.6 Å². The molecule has 4 aliphatic carbocycles. The molecule has 4 aliphatic rings. The standard InChI is InChI=1S/C23H30ClN3O/c1-22(2,3)13-20(27(14-25)19-6-4-18(24)5-7-19)26-21-16-8-15-9-17(21)12-23(28,10-15)11-16/h4-7,15-17,21,28H,8-13H2,1-3H3. The van der Waals surface area contributed by atoms with Crippen LogP contribution in [0.4, 0.5) is 5.69 Å². The molecule has 0 spiro atoms. The lowest BCUT2D eigenvalue weighted by molar-refractivity contribution is -0.132. The van der Waals surface area contributed by atoms with Crippen LogP contribution in [-0.2, 0) is 0 Å². The van der Waals surface area contributed by atoms with E-state index in [0.717, 1.165) is 37.2 Å². The number of nitriles is 1. The largest absolute Gasteiger partial charge is 0.390 e. The Morgan fingerprint density at radius 1 is 1.21 bits per heavy atom. The fourth-order valence-electron chi connectivity index (χ4n) is 5.85. The molecule has 0 aliphatic heterocycles. The van der Waals surface area contributed by atoms with Gasteiger partial charge in [0.2, 0.25) is 0 Å². The zero-order valence-corrected chi connectivity index (χ0v) is 17.8. The van der Waals surface area contributed by atoms with Crippen molar-refractivity contribution < 1.29 is 5.11 Å². The molecule has 4 fully saturated rings. The van der Waals surface area contributed by atoms with Gasteiger partial charge in [-0.05, 0) is 79.5 Å². The van der Waals surface area contributed by atoms with E-state index in [4.69, 9.17) is 16.6 Å². The third-order valence-electron chi connectivity index (χ3n) is 6.62. The Balaban J connectivity index is 1.68. The lowest BCUT2D eigenvalue weighted by Crippen LogP contribution is -2.56. The molecule has 0 amide bonds. The van der Waals surface area contributed by atoms with Gasteiger partial charge in [-0.2, -0.15) is 5.26 Å². The van der Waals surface area contributed by atoms with Crippen LogP contribution >= 0.6 is 11.6 Å². The van der Waals surface area contributed by atoms with Crippen molar-refractivity contribution in [1.29, 1.82) is 5.26 Å². The van der Waals surface area contributed by atoms with Gasteiger partial charge in [-0.25, -0.2) is 4.90 Å². The first-order valence-electron chi connectivity index (χ1n) is 10.4. The summed E-state index contributed by atoms with van der Waals surface area (Å²) in [6.45, 7) is 6.54.